The Morgan fingerprint density at radius 1 is 0.674 bits per heavy atom. The molecule has 4 aromatic heterocycles. The van der Waals surface area contributed by atoms with Gasteiger partial charge in [0.25, 0.3) is 26.0 Å². The van der Waals surface area contributed by atoms with Gasteiger partial charge in [0, 0.05) is 47.8 Å². The van der Waals surface area contributed by atoms with Crippen LogP contribution >= 0.6 is 39.1 Å². The van der Waals surface area contributed by atoms with Crippen molar-refractivity contribution in [1.82, 2.24) is 34.1 Å². The minimum absolute atomic E-state index is 0. The molecule has 0 bridgehead atoms. The van der Waals surface area contributed by atoms with E-state index in [1.54, 1.807) is 31.3 Å². The Kier molecular flexibility index (Phi) is 26.5. The minimum Gasteiger partial charge on any atom is -1.00 e. The molecule has 86 heavy (non-hydrogen) atoms. The van der Waals surface area contributed by atoms with Crippen LogP contribution in [0.2, 0.25) is 10.0 Å². The number of aromatic nitrogens is 6. The number of ether oxygens (including phenoxy) is 2. The number of hydrogen-bond donors (Lipinski definition) is 2. The number of nitrogens with one attached hydrogen (secondary N) is 2. The van der Waals surface area contributed by atoms with Crippen LogP contribution in [0, 0.1) is 20.3 Å². The third kappa shape index (κ3) is 16.8. The second kappa shape index (κ2) is 30.7. The fourth-order valence-electron chi connectivity index (χ4n) is 7.89. The number of fused-ring (bicyclic) bond motifs is 2. The minimum atomic E-state index is -4.80. The van der Waals surface area contributed by atoms with Crippen LogP contribution in [0.5, 0.6) is 0 Å². The number of ketones is 1. The number of methoxy groups -OCH3 is 2. The summed E-state index contributed by atoms with van der Waals surface area (Å²) in [5.41, 5.74) is -1.52. The number of carbonyl (C=O) groups excluding carboxylic acids is 2. The normalized spacial score (nSPS) is 11.4. The number of aryl methyl sites for hydroxylation is 4. The number of hydroxylamine groups is 2. The Bertz CT molecular complexity index is 4100. The zero-order chi connectivity index (χ0) is 63.0. The summed E-state index contributed by atoms with van der Waals surface area (Å²) in [5.74, 6) is -1.05. The molecule has 4 heterocycles. The summed E-state index contributed by atoms with van der Waals surface area (Å²) < 4.78 is 147. The molecule has 2 N–H and O–H groups in total. The summed E-state index contributed by atoms with van der Waals surface area (Å²) in [6.07, 6.45) is -5.06. The number of nitrogens with zero attached hydrogens (tertiary/aromatic N) is 7. The van der Waals surface area contributed by atoms with Crippen LogP contribution in [-0.4, -0.2) is 128 Å². The number of alkyl halides is 6. The van der Waals surface area contributed by atoms with Crippen LogP contribution in [0.3, 0.4) is 0 Å². The van der Waals surface area contributed by atoms with Gasteiger partial charge in [0.15, 0.2) is 0 Å². The van der Waals surface area contributed by atoms with Crippen LogP contribution < -0.4 is 32.4 Å². The predicted molar refractivity (Wildman–Crippen MR) is 313 cm³/mol. The number of carbonyl (C=O) groups is 2. The maximum atomic E-state index is 13.7. The molecule has 4 aromatic carbocycles. The molecule has 0 atom stereocenters. The molecular formula is C53H53BrCl3F6MgN9O11S2. The van der Waals surface area contributed by atoms with Gasteiger partial charge < -0.3 is 38.3 Å². The van der Waals surface area contributed by atoms with Crippen molar-refractivity contribution in [2.24, 2.45) is 14.1 Å². The molecule has 0 spiro atoms. The fraction of sp³-hybridized carbons (Fsp3) is 0.264. The number of hydrogen-bond acceptors (Lipinski definition) is 13. The molecule has 0 radical (unpaired) electrons. The summed E-state index contributed by atoms with van der Waals surface area (Å²) in [6.45, 7) is 5.34. The Balaban J connectivity index is 0.000000350. The van der Waals surface area contributed by atoms with E-state index >= 15 is 0 Å². The summed E-state index contributed by atoms with van der Waals surface area (Å²) in [6, 6.07) is 17.5. The van der Waals surface area contributed by atoms with E-state index < -0.39 is 78.3 Å². The van der Waals surface area contributed by atoms with Gasteiger partial charge in [0.1, 0.15) is 23.8 Å². The van der Waals surface area contributed by atoms with Gasteiger partial charge in [0.05, 0.1) is 82.6 Å². The van der Waals surface area contributed by atoms with E-state index in [-0.39, 0.29) is 101 Å². The Morgan fingerprint density at radius 3 is 1.49 bits per heavy atom. The van der Waals surface area contributed by atoms with Crippen molar-refractivity contribution in [3.8, 4) is 0 Å². The standard InChI is InChI=1S/C24H20ClF3N4O5S.C15H13BrClF3N2O3S.C11H13N3O3.C3H7.ClH.Mg/c1-13-7-8-15(10-17(13)24(26,27)28)38(35,36)32(12-37-3)19-9-14(25)11-29-20(19)22(33)16-5-4-6-18-21(16)31(2)23(34)30-18;1-9-3-4-11(6-12(9)15(18,19)20)26(23,24)22(8-25-2)13-5-10(17)7-21-14(13)16;1-13-9-7(10(15)14(2)17-3)5-4-6-8(9)12-11(13)16;1-3-2;;/h4-11H,12H2,1-3H3,(H,30,34);3-7H,8H2,1-2H3;4-6H,1-3H3,(H,12,16);3H,1-2H3;1H;/q;;;-1;;+2/p-1. The van der Waals surface area contributed by atoms with E-state index in [9.17, 15) is 62.4 Å². The number of benzene rings is 4. The molecule has 0 aliphatic heterocycles. The van der Waals surface area contributed by atoms with Gasteiger partial charge in [0.2, 0.25) is 5.78 Å². The molecule has 0 saturated carbocycles. The smallest absolute Gasteiger partial charge is 1.00 e. The number of imidazole rings is 2. The molecule has 0 aliphatic carbocycles. The van der Waals surface area contributed by atoms with Gasteiger partial charge in [-0.1, -0.05) is 47.5 Å². The number of rotatable bonds is 14. The number of halogens is 10. The molecule has 0 fully saturated rings. The SMILES string of the molecule is COCN(c1cc(Cl)cnc1Br)S(=O)(=O)c1ccc(C)c(C(F)(F)F)c1.COCN(c1cc(Cl)cnc1C(=O)c1cccc2[nH]c(=O)n(C)c12)S(=O)(=O)c1ccc(C)c(C(F)(F)F)c1.CON(C)C(=O)c1cccc2[nH]c(=O)n(C)c12.C[CH-]C.[Cl-].[Mg+2]. The van der Waals surface area contributed by atoms with Gasteiger partial charge in [-0.3, -0.25) is 23.6 Å². The van der Waals surface area contributed by atoms with Crippen molar-refractivity contribution in [2.75, 3.05) is 50.4 Å². The summed E-state index contributed by atoms with van der Waals surface area (Å²) >= 11 is 15.1. The molecule has 33 heteroatoms. The number of amides is 1. The van der Waals surface area contributed by atoms with E-state index in [2.05, 4.69) is 35.9 Å². The third-order valence-corrected chi connectivity index (χ3v) is 16.4. The summed E-state index contributed by atoms with van der Waals surface area (Å²) in [4.78, 5) is 66.3. The maximum absolute atomic E-state index is 13.7. The van der Waals surface area contributed by atoms with Crippen LogP contribution in [0.4, 0.5) is 37.7 Å². The first-order valence-corrected chi connectivity index (χ1v) is 28.5. The number of sulfonamides is 2. The number of para-hydroxylation sites is 2. The fourth-order valence-corrected chi connectivity index (χ4v) is 11.5. The zero-order valence-electron chi connectivity index (χ0n) is 47.2. The molecule has 0 aliphatic rings. The number of pyridine rings is 2. The largest absolute Gasteiger partial charge is 2.00 e. The van der Waals surface area contributed by atoms with E-state index in [0.29, 0.717) is 38.6 Å². The van der Waals surface area contributed by atoms with Crippen molar-refractivity contribution >= 4 is 127 Å². The van der Waals surface area contributed by atoms with Gasteiger partial charge >= 0.3 is 46.8 Å². The molecule has 460 valence electrons. The number of aromatic amines is 2. The Morgan fingerprint density at radius 2 is 1.07 bits per heavy atom. The van der Waals surface area contributed by atoms with Gasteiger partial charge in [-0.2, -0.15) is 40.2 Å². The first-order valence-electron chi connectivity index (χ1n) is 24.0. The second-order valence-electron chi connectivity index (χ2n) is 17.7. The number of H-pyrrole nitrogens is 2. The molecule has 1 amide bonds. The monoisotopic (exact) mass is 1380 g/mol. The van der Waals surface area contributed by atoms with Crippen LogP contribution in [-0.2, 0) is 60.8 Å². The van der Waals surface area contributed by atoms with Crippen LogP contribution in [0.15, 0.2) is 121 Å². The van der Waals surface area contributed by atoms with E-state index in [0.717, 1.165) is 45.9 Å². The summed E-state index contributed by atoms with van der Waals surface area (Å²) in [5, 5.41) is 1.23. The topological polar surface area (TPSA) is 241 Å². The van der Waals surface area contributed by atoms with Gasteiger partial charge in [-0.15, -0.1) is 0 Å². The van der Waals surface area contributed by atoms with E-state index in [1.165, 1.54) is 82.8 Å². The van der Waals surface area contributed by atoms with Crippen molar-refractivity contribution in [1.29, 1.82) is 0 Å². The molecular weight excluding hydrogens is 1330 g/mol. The number of anilines is 2. The van der Waals surface area contributed by atoms with Gasteiger partial charge in [-0.25, -0.2) is 50.1 Å². The molecule has 8 rings (SSSR count). The first kappa shape index (κ1) is 74.2. The maximum Gasteiger partial charge on any atom is 2.00 e. The first-order chi connectivity index (χ1) is 39.2. The second-order valence-corrected chi connectivity index (χ2v) is 23.1. The van der Waals surface area contributed by atoms with Crippen molar-refractivity contribution < 1.29 is 79.5 Å². The van der Waals surface area contributed by atoms with E-state index in [4.69, 9.17) is 37.5 Å². The third-order valence-electron chi connectivity index (χ3n) is 11.9. The molecule has 8 aromatic rings. The average molecular weight is 1380 g/mol. The van der Waals surface area contributed by atoms with Crippen LogP contribution in [0.25, 0.3) is 22.1 Å². The average Bonchev–Trinajstić information content (AvgIpc) is 2.00. The van der Waals surface area contributed by atoms with E-state index in [1.807, 2.05) is 20.3 Å². The quantitative estimate of drug-likeness (QED) is 0.0208. The molecule has 20 nitrogen and oxygen atoms in total. The Hall–Kier alpha value is -6.06. The molecule has 0 saturated heterocycles. The van der Waals surface area contributed by atoms with Gasteiger partial charge in [-0.05, 0) is 102 Å². The Labute approximate surface area is 530 Å². The van der Waals surface area contributed by atoms with Crippen LogP contribution in [0.1, 0.15) is 62.5 Å². The summed E-state index contributed by atoms with van der Waals surface area (Å²) in [7, 11) is -0.670. The van der Waals surface area contributed by atoms with Crippen molar-refractivity contribution in [2.45, 2.75) is 49.8 Å². The predicted octanol–water partition coefficient (Wildman–Crippen LogP) is 7.25. The zero-order valence-corrected chi connectivity index (χ0v) is 54.1. The van der Waals surface area contributed by atoms with Crippen molar-refractivity contribution in [3.63, 3.8) is 0 Å². The molecule has 0 unspecified atom stereocenters. The van der Waals surface area contributed by atoms with Crippen molar-refractivity contribution in [3.05, 3.63) is 178 Å².